The van der Waals surface area contributed by atoms with Crippen molar-refractivity contribution in [3.8, 4) is 0 Å². The number of hydrogen-bond donors (Lipinski definition) is 2. The van der Waals surface area contributed by atoms with Gasteiger partial charge in [0.15, 0.2) is 0 Å². The van der Waals surface area contributed by atoms with Crippen molar-refractivity contribution in [2.45, 2.75) is 58.3 Å². The Morgan fingerprint density at radius 2 is 2.17 bits per heavy atom. The molecule has 2 aromatic rings. The van der Waals surface area contributed by atoms with Gasteiger partial charge in [-0.15, -0.1) is 0 Å². The first-order valence-electron chi connectivity index (χ1n) is 7.93. The van der Waals surface area contributed by atoms with E-state index in [4.69, 9.17) is 0 Å². The predicted octanol–water partition coefficient (Wildman–Crippen LogP) is 0.886. The molecule has 23 heavy (non-hydrogen) atoms. The van der Waals surface area contributed by atoms with E-state index in [1.807, 2.05) is 37.6 Å². The molecular weight excluding hydrogens is 294 g/mol. The van der Waals surface area contributed by atoms with E-state index in [-0.39, 0.29) is 24.5 Å². The van der Waals surface area contributed by atoms with Gasteiger partial charge in [0.1, 0.15) is 12.4 Å². The van der Waals surface area contributed by atoms with Gasteiger partial charge in [0.25, 0.3) is 0 Å². The molecule has 1 saturated carbocycles. The zero-order valence-corrected chi connectivity index (χ0v) is 13.7. The molecule has 1 fully saturated rings. The molecule has 7 nitrogen and oxygen atoms in total. The molecule has 0 aromatic carbocycles. The number of aliphatic hydroxyl groups is 1. The van der Waals surface area contributed by atoms with Crippen LogP contribution >= 0.6 is 0 Å². The Kier molecular flexibility index (Phi) is 4.21. The first kappa shape index (κ1) is 15.7. The molecule has 2 N–H and O–H groups in total. The summed E-state index contributed by atoms with van der Waals surface area (Å²) in [5.41, 5.74) is 1.85. The fraction of sp³-hybridized carbons (Fsp3) is 0.562. The molecule has 3 atom stereocenters. The molecular formula is C16H23N5O2. The average Bonchev–Trinajstić information content (AvgIpc) is 3.13. The molecule has 0 bridgehead atoms. The summed E-state index contributed by atoms with van der Waals surface area (Å²) in [6, 6.07) is 1.68. The van der Waals surface area contributed by atoms with Crippen molar-refractivity contribution in [2.75, 3.05) is 0 Å². The molecule has 0 unspecified atom stereocenters. The van der Waals surface area contributed by atoms with Crippen LogP contribution in [0.2, 0.25) is 0 Å². The first-order valence-corrected chi connectivity index (χ1v) is 7.93. The Hall–Kier alpha value is -2.15. The Morgan fingerprint density at radius 3 is 2.78 bits per heavy atom. The van der Waals surface area contributed by atoms with Crippen LogP contribution in [0.5, 0.6) is 0 Å². The van der Waals surface area contributed by atoms with Crippen LogP contribution in [0.25, 0.3) is 0 Å². The van der Waals surface area contributed by atoms with Gasteiger partial charge in [-0.2, -0.15) is 5.10 Å². The number of aliphatic hydroxyl groups excluding tert-OH is 1. The van der Waals surface area contributed by atoms with Crippen molar-refractivity contribution in [3.05, 3.63) is 35.7 Å². The van der Waals surface area contributed by atoms with Crippen LogP contribution in [-0.2, 0) is 11.3 Å². The van der Waals surface area contributed by atoms with E-state index < -0.39 is 6.10 Å². The van der Waals surface area contributed by atoms with Crippen molar-refractivity contribution < 1.29 is 9.90 Å². The first-order chi connectivity index (χ1) is 11.0. The predicted molar refractivity (Wildman–Crippen MR) is 84.9 cm³/mol. The van der Waals surface area contributed by atoms with Gasteiger partial charge in [-0.3, -0.25) is 9.48 Å². The number of imidazole rings is 1. The zero-order chi connectivity index (χ0) is 16.6. The summed E-state index contributed by atoms with van der Waals surface area (Å²) in [5.74, 6) is 0.756. The largest absolute Gasteiger partial charge is 0.389 e. The van der Waals surface area contributed by atoms with E-state index in [1.165, 1.54) is 0 Å². The normalized spacial score (nSPS) is 24.1. The maximum Gasteiger partial charge on any atom is 0.242 e. The summed E-state index contributed by atoms with van der Waals surface area (Å²) in [4.78, 5) is 16.4. The second kappa shape index (κ2) is 6.16. The lowest BCUT2D eigenvalue weighted by Crippen LogP contribution is -2.43. The number of aromatic nitrogens is 4. The Labute approximate surface area is 135 Å². The van der Waals surface area contributed by atoms with E-state index in [0.717, 1.165) is 30.1 Å². The van der Waals surface area contributed by atoms with E-state index in [2.05, 4.69) is 15.4 Å². The lowest BCUT2D eigenvalue weighted by Gasteiger charge is -2.22. The van der Waals surface area contributed by atoms with Crippen LogP contribution < -0.4 is 5.32 Å². The lowest BCUT2D eigenvalue weighted by molar-refractivity contribution is -0.123. The smallest absolute Gasteiger partial charge is 0.242 e. The quantitative estimate of drug-likeness (QED) is 0.877. The highest BCUT2D eigenvalue weighted by Gasteiger charge is 2.37. The molecule has 2 aromatic heterocycles. The number of nitrogens with zero attached hydrogens (tertiary/aromatic N) is 4. The van der Waals surface area contributed by atoms with Gasteiger partial charge in [-0.05, 0) is 39.7 Å². The number of hydrogen-bond acceptors (Lipinski definition) is 4. The summed E-state index contributed by atoms with van der Waals surface area (Å²) >= 11 is 0. The van der Waals surface area contributed by atoms with Gasteiger partial charge in [0, 0.05) is 18.1 Å². The topological polar surface area (TPSA) is 85.0 Å². The van der Waals surface area contributed by atoms with Crippen LogP contribution in [0.3, 0.4) is 0 Å². The van der Waals surface area contributed by atoms with E-state index in [9.17, 15) is 9.90 Å². The maximum atomic E-state index is 12.2. The van der Waals surface area contributed by atoms with Crippen LogP contribution in [0, 0.1) is 20.8 Å². The second-order valence-corrected chi connectivity index (χ2v) is 6.28. The number of carbonyl (C=O) groups excluding carboxylic acids is 1. The summed E-state index contributed by atoms with van der Waals surface area (Å²) in [6.45, 7) is 5.93. The van der Waals surface area contributed by atoms with Crippen molar-refractivity contribution >= 4 is 5.91 Å². The molecule has 1 aliphatic carbocycles. The van der Waals surface area contributed by atoms with Gasteiger partial charge in [0.05, 0.1) is 23.9 Å². The van der Waals surface area contributed by atoms with Crippen LogP contribution in [0.15, 0.2) is 18.5 Å². The number of nitrogens with one attached hydrogen (secondary N) is 1. The minimum Gasteiger partial charge on any atom is -0.389 e. The molecule has 0 spiro atoms. The number of aryl methyl sites for hydroxylation is 3. The van der Waals surface area contributed by atoms with Crippen LogP contribution in [0.1, 0.15) is 36.1 Å². The number of rotatable bonds is 4. The van der Waals surface area contributed by atoms with Gasteiger partial charge >= 0.3 is 0 Å². The zero-order valence-electron chi connectivity index (χ0n) is 13.7. The molecule has 7 heteroatoms. The van der Waals surface area contributed by atoms with Gasteiger partial charge < -0.3 is 15.0 Å². The number of amides is 1. The molecule has 0 radical (unpaired) electrons. The van der Waals surface area contributed by atoms with Gasteiger partial charge in [0.2, 0.25) is 5.91 Å². The summed E-state index contributed by atoms with van der Waals surface area (Å²) < 4.78 is 3.67. The second-order valence-electron chi connectivity index (χ2n) is 6.28. The highest BCUT2D eigenvalue weighted by Crippen LogP contribution is 2.31. The fourth-order valence-corrected chi connectivity index (χ4v) is 3.38. The minimum absolute atomic E-state index is 0.0310. The Bertz CT molecular complexity index is 705. The van der Waals surface area contributed by atoms with Crippen LogP contribution in [-0.4, -0.2) is 42.5 Å². The van der Waals surface area contributed by atoms with Crippen molar-refractivity contribution in [2.24, 2.45) is 0 Å². The summed E-state index contributed by atoms with van der Waals surface area (Å²) in [5, 5.41) is 17.8. The molecule has 3 rings (SSSR count). The van der Waals surface area contributed by atoms with Crippen LogP contribution in [0.4, 0.5) is 0 Å². The van der Waals surface area contributed by atoms with Gasteiger partial charge in [-0.1, -0.05) is 0 Å². The molecule has 1 aliphatic rings. The highest BCUT2D eigenvalue weighted by atomic mass is 16.3. The molecule has 124 valence electrons. The average molecular weight is 317 g/mol. The third-order valence-electron chi connectivity index (χ3n) is 4.54. The monoisotopic (exact) mass is 317 g/mol. The molecule has 0 saturated heterocycles. The van der Waals surface area contributed by atoms with Crippen molar-refractivity contribution in [1.29, 1.82) is 0 Å². The standard InChI is InChI=1S/C16H23N5O2/c1-10-8-11(2)21(19-10)9-15(22)18-13-4-5-14(16(13)23)20-7-6-17-12(20)3/h6-8,13-14,16,23H,4-5,9H2,1-3H3,(H,18,22)/t13-,14-,16-/m1/s1. The lowest BCUT2D eigenvalue weighted by atomic mass is 10.1. The van der Waals surface area contributed by atoms with E-state index in [0.29, 0.717) is 0 Å². The third kappa shape index (κ3) is 3.14. The molecule has 0 aliphatic heterocycles. The Balaban J connectivity index is 1.61. The van der Waals surface area contributed by atoms with Crippen molar-refractivity contribution in [1.82, 2.24) is 24.6 Å². The molecule has 2 heterocycles. The highest BCUT2D eigenvalue weighted by molar-refractivity contribution is 5.76. The van der Waals surface area contributed by atoms with Gasteiger partial charge in [-0.25, -0.2) is 4.98 Å². The summed E-state index contributed by atoms with van der Waals surface area (Å²) in [7, 11) is 0. The SMILES string of the molecule is Cc1cc(C)n(CC(=O)N[C@@H]2CC[C@@H](n3ccnc3C)[C@@H]2O)n1. The fourth-order valence-electron chi connectivity index (χ4n) is 3.38. The number of carbonyl (C=O) groups is 1. The van der Waals surface area contributed by atoms with Crippen molar-refractivity contribution in [3.63, 3.8) is 0 Å². The van der Waals surface area contributed by atoms with E-state index in [1.54, 1.807) is 10.9 Å². The molecule has 1 amide bonds. The third-order valence-corrected chi connectivity index (χ3v) is 4.54. The Morgan fingerprint density at radius 1 is 1.39 bits per heavy atom. The minimum atomic E-state index is -0.604. The maximum absolute atomic E-state index is 12.2. The summed E-state index contributed by atoms with van der Waals surface area (Å²) in [6.07, 6.45) is 4.59. The van der Waals surface area contributed by atoms with E-state index >= 15 is 0 Å².